The van der Waals surface area contributed by atoms with Crippen molar-refractivity contribution in [3.63, 3.8) is 0 Å². The average Bonchev–Trinajstić information content (AvgIpc) is 2.73. The van der Waals surface area contributed by atoms with E-state index in [1.165, 1.54) is 11.1 Å². The zero-order valence-electron chi connectivity index (χ0n) is 16.2. The molecule has 148 valence electrons. The van der Waals surface area contributed by atoms with Gasteiger partial charge in [0.25, 0.3) is 5.91 Å². The summed E-state index contributed by atoms with van der Waals surface area (Å²) in [5.74, 6) is -0.579. The number of amides is 1. The second-order valence-corrected chi connectivity index (χ2v) is 6.72. The number of carbonyl (C=O) groups is 2. The van der Waals surface area contributed by atoms with Crippen LogP contribution in [0, 0.1) is 6.92 Å². The van der Waals surface area contributed by atoms with Crippen molar-refractivity contribution in [2.75, 3.05) is 6.54 Å². The van der Waals surface area contributed by atoms with Crippen molar-refractivity contribution in [2.45, 2.75) is 20.0 Å². The minimum atomic E-state index is -0.943. The van der Waals surface area contributed by atoms with Gasteiger partial charge in [-0.05, 0) is 53.4 Å². The number of nitrogens with one attached hydrogen (secondary N) is 1. The van der Waals surface area contributed by atoms with E-state index in [9.17, 15) is 9.59 Å². The molecule has 0 aliphatic heterocycles. The van der Waals surface area contributed by atoms with Gasteiger partial charge in [-0.1, -0.05) is 48.5 Å². The Kier molecular flexibility index (Phi) is 6.63. The summed E-state index contributed by atoms with van der Waals surface area (Å²) in [7, 11) is 0. The lowest BCUT2D eigenvalue weighted by molar-refractivity contribution is -0.136. The lowest BCUT2D eigenvalue weighted by atomic mass is 10.0. The van der Waals surface area contributed by atoms with Crippen LogP contribution in [0.4, 0.5) is 0 Å². The number of benzene rings is 3. The van der Waals surface area contributed by atoms with Gasteiger partial charge < -0.3 is 15.2 Å². The van der Waals surface area contributed by atoms with Gasteiger partial charge in [-0.2, -0.15) is 0 Å². The predicted octanol–water partition coefficient (Wildman–Crippen LogP) is 4.45. The number of rotatable bonds is 8. The van der Waals surface area contributed by atoms with Gasteiger partial charge in [0.05, 0.1) is 6.42 Å². The van der Waals surface area contributed by atoms with Crippen molar-refractivity contribution in [1.29, 1.82) is 0 Å². The van der Waals surface area contributed by atoms with Gasteiger partial charge in [-0.3, -0.25) is 9.59 Å². The molecule has 0 bridgehead atoms. The maximum Gasteiger partial charge on any atom is 0.305 e. The lowest BCUT2D eigenvalue weighted by Gasteiger charge is -2.11. The van der Waals surface area contributed by atoms with Crippen LogP contribution in [0.25, 0.3) is 11.1 Å². The third kappa shape index (κ3) is 5.69. The van der Waals surface area contributed by atoms with E-state index in [0.29, 0.717) is 17.9 Å². The molecule has 3 aromatic carbocycles. The highest BCUT2D eigenvalue weighted by molar-refractivity contribution is 5.94. The van der Waals surface area contributed by atoms with Gasteiger partial charge in [-0.25, -0.2) is 0 Å². The summed E-state index contributed by atoms with van der Waals surface area (Å²) in [6.45, 7) is 2.60. The van der Waals surface area contributed by atoms with Crippen LogP contribution in [0.15, 0.2) is 72.8 Å². The predicted molar refractivity (Wildman–Crippen MR) is 112 cm³/mol. The lowest BCUT2D eigenvalue weighted by Crippen LogP contribution is -2.25. The Morgan fingerprint density at radius 1 is 0.931 bits per heavy atom. The molecular formula is C24H23NO4. The molecule has 5 heteroatoms. The third-order valence-corrected chi connectivity index (χ3v) is 4.58. The van der Waals surface area contributed by atoms with E-state index in [1.54, 1.807) is 24.3 Å². The molecular weight excluding hydrogens is 366 g/mol. The minimum absolute atomic E-state index is 0.102. The van der Waals surface area contributed by atoms with Crippen LogP contribution in [0.3, 0.4) is 0 Å². The second-order valence-electron chi connectivity index (χ2n) is 6.72. The van der Waals surface area contributed by atoms with Crippen molar-refractivity contribution in [3.8, 4) is 16.9 Å². The molecule has 0 aromatic heterocycles. The number of hydrogen-bond donors (Lipinski definition) is 2. The fourth-order valence-corrected chi connectivity index (χ4v) is 2.92. The standard InChI is InChI=1S/C24H23NO4/c1-17-15-20(18-5-3-2-4-6-18)7-8-21(17)16-29-22-11-9-19(10-12-22)24(28)25-14-13-23(26)27/h2-12,15H,13-14,16H2,1H3,(H,25,28)(H,26,27). The molecule has 0 saturated heterocycles. The molecule has 2 N–H and O–H groups in total. The molecule has 29 heavy (non-hydrogen) atoms. The van der Waals surface area contributed by atoms with Crippen LogP contribution >= 0.6 is 0 Å². The smallest absolute Gasteiger partial charge is 0.305 e. The largest absolute Gasteiger partial charge is 0.489 e. The minimum Gasteiger partial charge on any atom is -0.489 e. The monoisotopic (exact) mass is 389 g/mol. The van der Waals surface area contributed by atoms with E-state index in [2.05, 4.69) is 42.6 Å². The Hall–Kier alpha value is -3.60. The van der Waals surface area contributed by atoms with Gasteiger partial charge in [0, 0.05) is 12.1 Å². The van der Waals surface area contributed by atoms with Crippen LogP contribution in [0.1, 0.15) is 27.9 Å². The van der Waals surface area contributed by atoms with Crippen molar-refractivity contribution in [3.05, 3.63) is 89.5 Å². The normalized spacial score (nSPS) is 10.4. The maximum atomic E-state index is 12.0. The van der Waals surface area contributed by atoms with E-state index in [4.69, 9.17) is 9.84 Å². The fourth-order valence-electron chi connectivity index (χ4n) is 2.92. The molecule has 0 aliphatic carbocycles. The van der Waals surface area contributed by atoms with Gasteiger partial charge >= 0.3 is 5.97 Å². The Labute approximate surface area is 170 Å². The van der Waals surface area contributed by atoms with Crippen molar-refractivity contribution in [2.24, 2.45) is 0 Å². The highest BCUT2D eigenvalue weighted by Crippen LogP contribution is 2.23. The highest BCUT2D eigenvalue weighted by Gasteiger charge is 2.07. The summed E-state index contributed by atoms with van der Waals surface area (Å²) in [6.07, 6.45) is -0.102. The number of aliphatic carboxylic acids is 1. The first-order chi connectivity index (χ1) is 14.0. The summed E-state index contributed by atoms with van der Waals surface area (Å²) in [5, 5.41) is 11.2. The van der Waals surface area contributed by atoms with Gasteiger partial charge in [-0.15, -0.1) is 0 Å². The van der Waals surface area contributed by atoms with E-state index in [0.717, 1.165) is 11.1 Å². The molecule has 0 aliphatic rings. The number of carboxylic acids is 1. The molecule has 3 rings (SSSR count). The number of carbonyl (C=O) groups excluding carboxylic acids is 1. The van der Waals surface area contributed by atoms with Crippen LogP contribution < -0.4 is 10.1 Å². The first kappa shape index (κ1) is 20.1. The molecule has 0 heterocycles. The molecule has 3 aromatic rings. The fraction of sp³-hybridized carbons (Fsp3) is 0.167. The Balaban J connectivity index is 1.57. The van der Waals surface area contributed by atoms with Gasteiger partial charge in [0.15, 0.2) is 0 Å². The van der Waals surface area contributed by atoms with Gasteiger partial charge in [0.2, 0.25) is 0 Å². The second kappa shape index (κ2) is 9.55. The summed E-state index contributed by atoms with van der Waals surface area (Å²) < 4.78 is 5.86. The number of ether oxygens (including phenoxy) is 1. The van der Waals surface area contributed by atoms with Crippen molar-refractivity contribution < 1.29 is 19.4 Å². The molecule has 5 nitrogen and oxygen atoms in total. The van der Waals surface area contributed by atoms with E-state index >= 15 is 0 Å². The highest BCUT2D eigenvalue weighted by atomic mass is 16.5. The summed E-state index contributed by atoms with van der Waals surface area (Å²) >= 11 is 0. The number of carboxylic acid groups (broad SMARTS) is 1. The van der Waals surface area contributed by atoms with Crippen LogP contribution in [0.5, 0.6) is 5.75 Å². The topological polar surface area (TPSA) is 75.6 Å². The first-order valence-electron chi connectivity index (χ1n) is 9.41. The molecule has 0 fully saturated rings. The Bertz CT molecular complexity index is 982. The summed E-state index contributed by atoms with van der Waals surface area (Å²) in [5.41, 5.74) is 5.07. The van der Waals surface area contributed by atoms with E-state index in [-0.39, 0.29) is 18.9 Å². The number of aryl methyl sites for hydroxylation is 1. The zero-order chi connectivity index (χ0) is 20.6. The summed E-state index contributed by atoms with van der Waals surface area (Å²) in [4.78, 5) is 22.5. The first-order valence-corrected chi connectivity index (χ1v) is 9.41. The Morgan fingerprint density at radius 3 is 2.31 bits per heavy atom. The molecule has 0 radical (unpaired) electrons. The van der Waals surface area contributed by atoms with Crippen LogP contribution in [0.2, 0.25) is 0 Å². The van der Waals surface area contributed by atoms with Gasteiger partial charge in [0.1, 0.15) is 12.4 Å². The molecule has 0 unspecified atom stereocenters. The molecule has 1 amide bonds. The number of hydrogen-bond acceptors (Lipinski definition) is 3. The van der Waals surface area contributed by atoms with Crippen LogP contribution in [-0.2, 0) is 11.4 Å². The Morgan fingerprint density at radius 2 is 1.66 bits per heavy atom. The summed E-state index contributed by atoms with van der Waals surface area (Å²) in [6, 6.07) is 23.3. The average molecular weight is 389 g/mol. The third-order valence-electron chi connectivity index (χ3n) is 4.58. The quantitative estimate of drug-likeness (QED) is 0.597. The molecule has 0 spiro atoms. The van der Waals surface area contributed by atoms with Crippen LogP contribution in [-0.4, -0.2) is 23.5 Å². The zero-order valence-corrected chi connectivity index (χ0v) is 16.2. The SMILES string of the molecule is Cc1cc(-c2ccccc2)ccc1COc1ccc(C(=O)NCCC(=O)O)cc1. The van der Waals surface area contributed by atoms with Crippen molar-refractivity contribution >= 4 is 11.9 Å². The van der Waals surface area contributed by atoms with Crippen molar-refractivity contribution in [1.82, 2.24) is 5.32 Å². The van der Waals surface area contributed by atoms with E-state index in [1.807, 2.05) is 18.2 Å². The molecule has 0 saturated carbocycles. The van der Waals surface area contributed by atoms with E-state index < -0.39 is 5.97 Å². The maximum absolute atomic E-state index is 12.0. The molecule has 0 atom stereocenters.